The molecule has 1 aromatic carbocycles. The van der Waals surface area contributed by atoms with Crippen LogP contribution in [0.15, 0.2) is 41.8 Å². The van der Waals surface area contributed by atoms with Crippen molar-refractivity contribution in [1.82, 2.24) is 19.6 Å². The highest BCUT2D eigenvalue weighted by Gasteiger charge is 2.17. The lowest BCUT2D eigenvalue weighted by molar-refractivity contribution is -0.115. The molecule has 3 heterocycles. The van der Waals surface area contributed by atoms with Crippen LogP contribution in [-0.2, 0) is 11.2 Å². The van der Waals surface area contributed by atoms with Gasteiger partial charge in [-0.1, -0.05) is 24.3 Å². The van der Waals surface area contributed by atoms with Gasteiger partial charge in [-0.15, -0.1) is 16.4 Å². The average molecular weight is 377 g/mol. The lowest BCUT2D eigenvalue weighted by atomic mass is 10.1. The van der Waals surface area contributed by atoms with Crippen LogP contribution in [0.1, 0.15) is 22.5 Å². The molecule has 0 aliphatic rings. The molecule has 7 heteroatoms. The summed E-state index contributed by atoms with van der Waals surface area (Å²) in [5.74, 6) is 1.13. The second-order valence-corrected chi connectivity index (χ2v) is 7.37. The maximum atomic E-state index is 12.6. The van der Waals surface area contributed by atoms with Gasteiger partial charge in [-0.05, 0) is 43.8 Å². The molecule has 0 radical (unpaired) electrons. The van der Waals surface area contributed by atoms with Crippen LogP contribution in [0.2, 0.25) is 0 Å². The molecule has 136 valence electrons. The maximum absolute atomic E-state index is 12.6. The number of aryl methyl sites for hydroxylation is 3. The van der Waals surface area contributed by atoms with Gasteiger partial charge in [0.05, 0.1) is 11.3 Å². The normalized spacial score (nSPS) is 11.1. The molecule has 27 heavy (non-hydrogen) atoms. The second-order valence-electron chi connectivity index (χ2n) is 6.43. The third-order valence-corrected chi connectivity index (χ3v) is 5.41. The summed E-state index contributed by atoms with van der Waals surface area (Å²) < 4.78 is 1.72. The van der Waals surface area contributed by atoms with Gasteiger partial charge in [0, 0.05) is 22.6 Å². The molecule has 0 aliphatic carbocycles. The standard InChI is InChI=1S/C20H19N5OS/c1-12-7-4-5-8-16(12)22-18(26)11-15-13(2)21-20-23-19(17-9-6-10-27-17)24-25(20)14(15)3/h4-10H,11H2,1-3H3,(H,22,26). The van der Waals surface area contributed by atoms with Crippen LogP contribution >= 0.6 is 11.3 Å². The van der Waals surface area contributed by atoms with Gasteiger partial charge in [-0.2, -0.15) is 4.98 Å². The summed E-state index contributed by atoms with van der Waals surface area (Å²) in [5, 5.41) is 9.56. The summed E-state index contributed by atoms with van der Waals surface area (Å²) in [7, 11) is 0. The van der Waals surface area contributed by atoms with E-state index in [1.807, 2.05) is 62.5 Å². The Labute approximate surface area is 160 Å². The summed E-state index contributed by atoms with van der Waals surface area (Å²) in [6.45, 7) is 5.83. The molecule has 1 amide bonds. The lowest BCUT2D eigenvalue weighted by Gasteiger charge is -2.11. The minimum atomic E-state index is -0.0738. The molecule has 6 nitrogen and oxygen atoms in total. The third-order valence-electron chi connectivity index (χ3n) is 4.55. The zero-order valence-electron chi connectivity index (χ0n) is 15.4. The molecule has 0 bridgehead atoms. The van der Waals surface area contributed by atoms with E-state index in [1.165, 1.54) is 0 Å². The highest BCUT2D eigenvalue weighted by molar-refractivity contribution is 7.13. The first-order valence-corrected chi connectivity index (χ1v) is 9.53. The number of thiophene rings is 1. The number of nitrogens with zero attached hydrogens (tertiary/aromatic N) is 4. The van der Waals surface area contributed by atoms with Crippen molar-refractivity contribution in [2.75, 3.05) is 5.32 Å². The number of hydrogen-bond donors (Lipinski definition) is 1. The molecule has 0 atom stereocenters. The van der Waals surface area contributed by atoms with Crippen molar-refractivity contribution in [3.63, 3.8) is 0 Å². The van der Waals surface area contributed by atoms with Crippen LogP contribution in [0, 0.1) is 20.8 Å². The smallest absolute Gasteiger partial charge is 0.253 e. The number of fused-ring (bicyclic) bond motifs is 1. The fraction of sp³-hybridized carbons (Fsp3) is 0.200. The Bertz CT molecular complexity index is 1130. The van der Waals surface area contributed by atoms with Crippen LogP contribution in [0.4, 0.5) is 5.69 Å². The van der Waals surface area contributed by atoms with Gasteiger partial charge < -0.3 is 5.32 Å². The number of para-hydroxylation sites is 1. The summed E-state index contributed by atoms with van der Waals surface area (Å²) in [6.07, 6.45) is 0.239. The first-order valence-electron chi connectivity index (χ1n) is 8.65. The quantitative estimate of drug-likeness (QED) is 0.584. The number of hydrogen-bond acceptors (Lipinski definition) is 5. The number of aromatic nitrogens is 4. The molecule has 0 spiro atoms. The number of nitrogens with one attached hydrogen (secondary N) is 1. The Kier molecular flexibility index (Phi) is 4.45. The molecule has 0 saturated heterocycles. The highest BCUT2D eigenvalue weighted by Crippen LogP contribution is 2.23. The van der Waals surface area contributed by atoms with Crippen LogP contribution in [0.3, 0.4) is 0 Å². The van der Waals surface area contributed by atoms with Crippen molar-refractivity contribution >= 4 is 28.7 Å². The molecular weight excluding hydrogens is 358 g/mol. The Morgan fingerprint density at radius 1 is 1.11 bits per heavy atom. The highest BCUT2D eigenvalue weighted by atomic mass is 32.1. The Morgan fingerprint density at radius 2 is 1.93 bits per heavy atom. The fourth-order valence-electron chi connectivity index (χ4n) is 3.04. The number of amides is 1. The van der Waals surface area contributed by atoms with Crippen LogP contribution in [0.25, 0.3) is 16.5 Å². The Morgan fingerprint density at radius 3 is 2.67 bits per heavy atom. The first kappa shape index (κ1) is 17.4. The summed E-state index contributed by atoms with van der Waals surface area (Å²) in [6, 6.07) is 11.7. The summed E-state index contributed by atoms with van der Waals surface area (Å²) in [4.78, 5) is 22.7. The Balaban J connectivity index is 1.65. The molecule has 0 saturated carbocycles. The molecule has 1 N–H and O–H groups in total. The van der Waals surface area contributed by atoms with Crippen molar-refractivity contribution in [2.45, 2.75) is 27.2 Å². The molecule has 4 rings (SSSR count). The summed E-state index contributed by atoms with van der Waals surface area (Å²) in [5.41, 5.74) is 4.41. The number of rotatable bonds is 4. The van der Waals surface area contributed by atoms with E-state index in [-0.39, 0.29) is 12.3 Å². The van der Waals surface area contributed by atoms with E-state index in [9.17, 15) is 4.79 Å². The lowest BCUT2D eigenvalue weighted by Crippen LogP contribution is -2.18. The molecule has 4 aromatic rings. The van der Waals surface area contributed by atoms with E-state index in [2.05, 4.69) is 20.4 Å². The van der Waals surface area contributed by atoms with Gasteiger partial charge >= 0.3 is 0 Å². The van der Waals surface area contributed by atoms with Crippen molar-refractivity contribution in [1.29, 1.82) is 0 Å². The van der Waals surface area contributed by atoms with E-state index in [0.717, 1.165) is 33.1 Å². The van der Waals surface area contributed by atoms with Crippen molar-refractivity contribution in [3.05, 3.63) is 64.3 Å². The number of carbonyl (C=O) groups is 1. The fourth-order valence-corrected chi connectivity index (χ4v) is 3.70. The van der Waals surface area contributed by atoms with Gasteiger partial charge in [-0.25, -0.2) is 9.50 Å². The second kappa shape index (κ2) is 6.92. The van der Waals surface area contributed by atoms with Crippen molar-refractivity contribution in [2.24, 2.45) is 0 Å². The van der Waals surface area contributed by atoms with Gasteiger partial charge in [0.15, 0.2) is 5.82 Å². The van der Waals surface area contributed by atoms with Crippen LogP contribution < -0.4 is 5.32 Å². The van der Waals surface area contributed by atoms with Crippen LogP contribution in [-0.4, -0.2) is 25.5 Å². The number of benzene rings is 1. The monoisotopic (exact) mass is 377 g/mol. The zero-order valence-corrected chi connectivity index (χ0v) is 16.2. The van der Waals surface area contributed by atoms with E-state index >= 15 is 0 Å². The van der Waals surface area contributed by atoms with E-state index in [1.54, 1.807) is 15.9 Å². The molecule has 0 aliphatic heterocycles. The molecule has 0 fully saturated rings. The minimum absolute atomic E-state index is 0.0738. The maximum Gasteiger partial charge on any atom is 0.253 e. The van der Waals surface area contributed by atoms with Crippen molar-refractivity contribution in [3.8, 4) is 10.7 Å². The van der Waals surface area contributed by atoms with Crippen LogP contribution in [0.5, 0.6) is 0 Å². The zero-order chi connectivity index (χ0) is 19.0. The minimum Gasteiger partial charge on any atom is -0.326 e. The van der Waals surface area contributed by atoms with Crippen molar-refractivity contribution < 1.29 is 4.79 Å². The van der Waals surface area contributed by atoms with Gasteiger partial charge in [-0.3, -0.25) is 4.79 Å². The van der Waals surface area contributed by atoms with Gasteiger partial charge in [0.25, 0.3) is 5.78 Å². The van der Waals surface area contributed by atoms with E-state index < -0.39 is 0 Å². The largest absolute Gasteiger partial charge is 0.326 e. The van der Waals surface area contributed by atoms with E-state index in [0.29, 0.717) is 11.6 Å². The topological polar surface area (TPSA) is 72.2 Å². The Hall–Kier alpha value is -3.06. The molecule has 0 unspecified atom stereocenters. The van der Waals surface area contributed by atoms with Gasteiger partial charge in [0.1, 0.15) is 0 Å². The average Bonchev–Trinajstić information content (AvgIpc) is 3.30. The third kappa shape index (κ3) is 3.33. The van der Waals surface area contributed by atoms with Gasteiger partial charge in [0.2, 0.25) is 5.91 Å². The first-order chi connectivity index (χ1) is 13.0. The SMILES string of the molecule is Cc1ccccc1NC(=O)Cc1c(C)nc2nc(-c3cccs3)nn2c1C. The predicted octanol–water partition coefficient (Wildman–Crippen LogP) is 3.96. The molecular formula is C20H19N5OS. The predicted molar refractivity (Wildman–Crippen MR) is 107 cm³/mol. The van der Waals surface area contributed by atoms with E-state index in [4.69, 9.17) is 0 Å². The number of anilines is 1. The molecule has 3 aromatic heterocycles. The summed E-state index contributed by atoms with van der Waals surface area (Å²) >= 11 is 1.59. The number of carbonyl (C=O) groups excluding carboxylic acids is 1.